The molecule has 9 heteroatoms. The fourth-order valence-corrected chi connectivity index (χ4v) is 3.17. The Morgan fingerprint density at radius 3 is 2.73 bits per heavy atom. The molecule has 1 unspecified atom stereocenters. The number of piperidine rings is 1. The summed E-state index contributed by atoms with van der Waals surface area (Å²) in [5, 5.41) is 14.6. The highest BCUT2D eigenvalue weighted by atomic mass is 35.5. The third-order valence-electron chi connectivity index (χ3n) is 4.31. The molecule has 1 N–H and O–H groups in total. The molecule has 1 aromatic rings. The van der Waals surface area contributed by atoms with Crippen molar-refractivity contribution in [3.8, 4) is 11.5 Å². The van der Waals surface area contributed by atoms with Gasteiger partial charge in [-0.15, -0.1) is 12.4 Å². The van der Waals surface area contributed by atoms with Gasteiger partial charge in [0, 0.05) is 19.2 Å². The van der Waals surface area contributed by atoms with E-state index in [1.807, 2.05) is 7.05 Å². The summed E-state index contributed by atoms with van der Waals surface area (Å²) in [6.45, 7) is 4.18. The molecule has 1 aliphatic rings. The van der Waals surface area contributed by atoms with Crippen molar-refractivity contribution in [2.45, 2.75) is 19.8 Å². The number of rotatable bonds is 7. The number of methoxy groups -OCH3 is 1. The smallest absolute Gasteiger partial charge is 0.286 e. The fourth-order valence-electron chi connectivity index (χ4n) is 3.17. The van der Waals surface area contributed by atoms with Crippen molar-refractivity contribution in [3.05, 3.63) is 27.8 Å². The zero-order chi connectivity index (χ0) is 18.4. The first-order valence-corrected chi connectivity index (χ1v) is 8.44. The minimum atomic E-state index is -0.555. The number of hydrogen-bond acceptors (Lipinski definition) is 6. The van der Waals surface area contributed by atoms with E-state index in [0.29, 0.717) is 31.4 Å². The number of nitrogens with one attached hydrogen (secondary N) is 1. The highest BCUT2D eigenvalue weighted by Crippen LogP contribution is 2.35. The Kier molecular flexibility index (Phi) is 8.60. The van der Waals surface area contributed by atoms with E-state index < -0.39 is 4.92 Å². The van der Waals surface area contributed by atoms with E-state index in [-0.39, 0.29) is 35.3 Å². The molecule has 1 saturated heterocycles. The maximum Gasteiger partial charge on any atom is 0.286 e. The third-order valence-corrected chi connectivity index (χ3v) is 4.31. The second-order valence-electron chi connectivity index (χ2n) is 6.03. The molecule has 1 atom stereocenters. The molecule has 0 aromatic heterocycles. The maximum absolute atomic E-state index is 12.9. The number of ether oxygens (including phenoxy) is 2. The van der Waals surface area contributed by atoms with Crippen molar-refractivity contribution in [3.63, 3.8) is 0 Å². The van der Waals surface area contributed by atoms with Crippen LogP contribution in [0.3, 0.4) is 0 Å². The molecular weight excluding hydrogens is 362 g/mol. The van der Waals surface area contributed by atoms with E-state index in [9.17, 15) is 14.9 Å². The molecule has 1 fully saturated rings. The normalized spacial score (nSPS) is 16.6. The van der Waals surface area contributed by atoms with Gasteiger partial charge in [-0.3, -0.25) is 14.9 Å². The average molecular weight is 388 g/mol. The molecule has 146 valence electrons. The summed E-state index contributed by atoms with van der Waals surface area (Å²) in [5.41, 5.74) is -0.222. The van der Waals surface area contributed by atoms with Crippen molar-refractivity contribution < 1.29 is 19.2 Å². The quantitative estimate of drug-likeness (QED) is 0.570. The van der Waals surface area contributed by atoms with E-state index in [4.69, 9.17) is 9.47 Å². The highest BCUT2D eigenvalue weighted by Gasteiger charge is 2.30. The van der Waals surface area contributed by atoms with Crippen LogP contribution in [0.2, 0.25) is 0 Å². The zero-order valence-corrected chi connectivity index (χ0v) is 16.1. The van der Waals surface area contributed by atoms with Gasteiger partial charge < -0.3 is 19.7 Å². The minimum absolute atomic E-state index is 0. The predicted octanol–water partition coefficient (Wildman–Crippen LogP) is 2.50. The number of carbonyl (C=O) groups excluding carboxylic acids is 1. The summed E-state index contributed by atoms with van der Waals surface area (Å²) in [4.78, 5) is 25.5. The lowest BCUT2D eigenvalue weighted by atomic mass is 9.97. The molecule has 1 amide bonds. The number of likely N-dealkylation sites (tertiary alicyclic amines) is 1. The molecule has 1 heterocycles. The largest absolute Gasteiger partial charge is 0.493 e. The van der Waals surface area contributed by atoms with Crippen LogP contribution >= 0.6 is 12.4 Å². The van der Waals surface area contributed by atoms with Gasteiger partial charge in [-0.2, -0.15) is 0 Å². The SMILES string of the molecule is CCOc1cc(C(=O)N2CCCC(CNC)C2)c([N+](=O)[O-])cc1OC.Cl. The standard InChI is InChI=1S/C17H25N3O5.ClH/c1-4-25-16-8-13(14(20(22)23)9-15(16)24-3)17(21)19-7-5-6-12(11-19)10-18-2;/h8-9,12,18H,4-7,10-11H2,1-3H3;1H. The fraction of sp³-hybridized carbons (Fsp3) is 0.588. The van der Waals surface area contributed by atoms with Crippen LogP contribution in [-0.4, -0.2) is 56.1 Å². The number of nitrogens with zero attached hydrogens (tertiary/aromatic N) is 2. The minimum Gasteiger partial charge on any atom is -0.493 e. The van der Waals surface area contributed by atoms with Crippen molar-refractivity contribution in [1.82, 2.24) is 10.2 Å². The highest BCUT2D eigenvalue weighted by molar-refractivity contribution is 5.99. The first kappa shape index (κ1) is 22.0. The lowest BCUT2D eigenvalue weighted by molar-refractivity contribution is -0.385. The van der Waals surface area contributed by atoms with Crippen LogP contribution < -0.4 is 14.8 Å². The first-order valence-electron chi connectivity index (χ1n) is 8.44. The summed E-state index contributed by atoms with van der Waals surface area (Å²) >= 11 is 0. The van der Waals surface area contributed by atoms with Crippen LogP contribution in [0.1, 0.15) is 30.1 Å². The van der Waals surface area contributed by atoms with Gasteiger partial charge in [0.05, 0.1) is 24.7 Å². The molecule has 0 aliphatic carbocycles. The molecule has 1 aromatic carbocycles. The van der Waals surface area contributed by atoms with Crippen LogP contribution in [0.15, 0.2) is 12.1 Å². The van der Waals surface area contributed by atoms with Gasteiger partial charge in [0.25, 0.3) is 11.6 Å². The molecule has 0 bridgehead atoms. The molecule has 0 saturated carbocycles. The van der Waals surface area contributed by atoms with Crippen LogP contribution in [0.5, 0.6) is 11.5 Å². The van der Waals surface area contributed by atoms with Crippen LogP contribution in [-0.2, 0) is 0 Å². The number of carbonyl (C=O) groups is 1. The van der Waals surface area contributed by atoms with Gasteiger partial charge in [0.1, 0.15) is 5.56 Å². The molecule has 0 spiro atoms. The molecule has 2 rings (SSSR count). The molecule has 0 radical (unpaired) electrons. The monoisotopic (exact) mass is 387 g/mol. The number of benzene rings is 1. The van der Waals surface area contributed by atoms with E-state index in [1.165, 1.54) is 19.2 Å². The summed E-state index contributed by atoms with van der Waals surface area (Å²) in [5.74, 6) is 0.599. The predicted molar refractivity (Wildman–Crippen MR) is 101 cm³/mol. The van der Waals surface area contributed by atoms with E-state index in [2.05, 4.69) is 5.32 Å². The molecule has 26 heavy (non-hydrogen) atoms. The zero-order valence-electron chi connectivity index (χ0n) is 15.3. The van der Waals surface area contributed by atoms with Crippen molar-refractivity contribution in [2.24, 2.45) is 5.92 Å². The number of hydrogen-bond donors (Lipinski definition) is 1. The lowest BCUT2D eigenvalue weighted by Crippen LogP contribution is -2.42. The van der Waals surface area contributed by atoms with E-state index in [1.54, 1.807) is 11.8 Å². The summed E-state index contributed by atoms with van der Waals surface area (Å²) in [6.07, 6.45) is 1.93. The van der Waals surface area contributed by atoms with Gasteiger partial charge in [-0.1, -0.05) is 0 Å². The molecular formula is C17H26ClN3O5. The number of nitro groups is 1. The Bertz CT molecular complexity index is 639. The Morgan fingerprint density at radius 1 is 1.42 bits per heavy atom. The lowest BCUT2D eigenvalue weighted by Gasteiger charge is -2.32. The topological polar surface area (TPSA) is 93.9 Å². The number of nitro benzene ring substituents is 1. The summed E-state index contributed by atoms with van der Waals surface area (Å²) in [7, 11) is 3.29. The van der Waals surface area contributed by atoms with Crippen molar-refractivity contribution in [2.75, 3.05) is 40.4 Å². The third kappa shape index (κ3) is 4.98. The van der Waals surface area contributed by atoms with Crippen molar-refractivity contribution in [1.29, 1.82) is 0 Å². The van der Waals surface area contributed by atoms with Gasteiger partial charge in [-0.05, 0) is 39.3 Å². The van der Waals surface area contributed by atoms with Gasteiger partial charge in [0.15, 0.2) is 11.5 Å². The average Bonchev–Trinajstić information content (AvgIpc) is 2.61. The second-order valence-corrected chi connectivity index (χ2v) is 6.03. The van der Waals surface area contributed by atoms with Crippen LogP contribution in [0.25, 0.3) is 0 Å². The number of halogens is 1. The Hall–Kier alpha value is -2.06. The van der Waals surface area contributed by atoms with E-state index >= 15 is 0 Å². The maximum atomic E-state index is 12.9. The van der Waals surface area contributed by atoms with E-state index in [0.717, 1.165) is 19.4 Å². The first-order chi connectivity index (χ1) is 12.0. The Labute approximate surface area is 159 Å². The van der Waals surface area contributed by atoms with Gasteiger partial charge in [0.2, 0.25) is 0 Å². The van der Waals surface area contributed by atoms with Gasteiger partial charge in [-0.25, -0.2) is 0 Å². The molecule has 8 nitrogen and oxygen atoms in total. The van der Waals surface area contributed by atoms with Crippen molar-refractivity contribution >= 4 is 24.0 Å². The molecule has 1 aliphatic heterocycles. The summed E-state index contributed by atoms with van der Waals surface area (Å²) in [6, 6.07) is 2.68. The summed E-state index contributed by atoms with van der Waals surface area (Å²) < 4.78 is 10.6. The second kappa shape index (κ2) is 10.2. The van der Waals surface area contributed by atoms with Crippen LogP contribution in [0, 0.1) is 16.0 Å². The number of amides is 1. The Balaban J connectivity index is 0.00000338. The Morgan fingerprint density at radius 2 is 2.15 bits per heavy atom. The van der Waals surface area contributed by atoms with Crippen LogP contribution in [0.4, 0.5) is 5.69 Å². The van der Waals surface area contributed by atoms with Gasteiger partial charge >= 0.3 is 0 Å².